The predicted octanol–water partition coefficient (Wildman–Crippen LogP) is 2.92. The number of carbonyl (C=O) groups excluding carboxylic acids is 1. The number of carbonyl (C=O) groups is 1. The van der Waals surface area contributed by atoms with Crippen molar-refractivity contribution in [2.45, 2.75) is 18.2 Å². The molecule has 124 valence electrons. The van der Waals surface area contributed by atoms with E-state index in [2.05, 4.69) is 10.3 Å². The molecule has 1 aromatic carbocycles. The lowest BCUT2D eigenvalue weighted by Gasteiger charge is -2.07. The highest BCUT2D eigenvalue weighted by molar-refractivity contribution is 7.91. The second-order valence-corrected chi connectivity index (χ2v) is 8.08. The van der Waals surface area contributed by atoms with E-state index in [4.69, 9.17) is 16.3 Å². The smallest absolute Gasteiger partial charge is 0.227 e. The minimum Gasteiger partial charge on any atom is -0.495 e. The average molecular weight is 375 g/mol. The number of halogens is 1. The van der Waals surface area contributed by atoms with Gasteiger partial charge in [-0.15, -0.1) is 11.3 Å². The third-order valence-electron chi connectivity index (χ3n) is 2.95. The molecule has 1 amide bonds. The zero-order valence-electron chi connectivity index (χ0n) is 12.5. The minimum atomic E-state index is -3.61. The lowest BCUT2D eigenvalue weighted by Crippen LogP contribution is -2.17. The lowest BCUT2D eigenvalue weighted by molar-refractivity contribution is -0.115. The van der Waals surface area contributed by atoms with Crippen molar-refractivity contribution in [3.8, 4) is 5.75 Å². The van der Waals surface area contributed by atoms with Crippen molar-refractivity contribution in [3.05, 3.63) is 34.3 Å². The Bertz CT molecular complexity index is 818. The number of nitrogens with zero attached hydrogens (tertiary/aromatic N) is 1. The van der Waals surface area contributed by atoms with E-state index in [-0.39, 0.29) is 22.1 Å². The van der Waals surface area contributed by atoms with Gasteiger partial charge in [0.2, 0.25) is 5.91 Å². The molecule has 2 aromatic rings. The summed E-state index contributed by atoms with van der Waals surface area (Å²) in [5.41, 5.74) is 0.797. The number of hydrogen-bond donors (Lipinski definition) is 1. The summed E-state index contributed by atoms with van der Waals surface area (Å²) in [5, 5.41) is 5.03. The highest BCUT2D eigenvalue weighted by Crippen LogP contribution is 2.27. The number of ether oxygens (including phenoxy) is 1. The molecule has 1 heterocycles. The maximum absolute atomic E-state index is 12.3. The molecule has 0 aliphatic heterocycles. The van der Waals surface area contributed by atoms with Crippen LogP contribution in [0.2, 0.25) is 5.02 Å². The molecule has 0 bridgehead atoms. The first-order valence-electron chi connectivity index (χ1n) is 6.60. The van der Waals surface area contributed by atoms with Crippen LogP contribution in [-0.2, 0) is 14.6 Å². The van der Waals surface area contributed by atoms with Gasteiger partial charge >= 0.3 is 0 Å². The van der Waals surface area contributed by atoms with Crippen molar-refractivity contribution in [3.63, 3.8) is 0 Å². The van der Waals surface area contributed by atoms with E-state index in [9.17, 15) is 13.2 Å². The van der Waals surface area contributed by atoms with Crippen LogP contribution in [0, 0.1) is 6.92 Å². The van der Waals surface area contributed by atoms with Crippen LogP contribution in [0.3, 0.4) is 0 Å². The van der Waals surface area contributed by atoms with Crippen LogP contribution in [0.4, 0.5) is 5.13 Å². The minimum absolute atomic E-state index is 0.0567. The molecule has 6 nitrogen and oxygen atoms in total. The number of methoxy groups -OCH3 is 1. The third kappa shape index (κ3) is 4.66. The van der Waals surface area contributed by atoms with Gasteiger partial charge in [0, 0.05) is 11.8 Å². The predicted molar refractivity (Wildman–Crippen MR) is 90.2 cm³/mol. The first-order valence-corrected chi connectivity index (χ1v) is 9.51. The number of anilines is 1. The summed E-state index contributed by atoms with van der Waals surface area (Å²) in [6, 6.07) is 4.20. The number of sulfone groups is 1. The largest absolute Gasteiger partial charge is 0.495 e. The van der Waals surface area contributed by atoms with Gasteiger partial charge in [0.25, 0.3) is 0 Å². The van der Waals surface area contributed by atoms with Crippen molar-refractivity contribution in [2.75, 3.05) is 18.2 Å². The molecule has 0 unspecified atom stereocenters. The summed E-state index contributed by atoms with van der Waals surface area (Å²) in [7, 11) is -2.16. The fourth-order valence-corrected chi connectivity index (χ4v) is 4.07. The Balaban J connectivity index is 2.01. The average Bonchev–Trinajstić information content (AvgIpc) is 2.90. The number of benzene rings is 1. The maximum atomic E-state index is 12.3. The molecule has 0 spiro atoms. The molecule has 0 aliphatic carbocycles. The SMILES string of the molecule is COc1ccc(S(=O)(=O)CCC(=O)Nc2nc(C)cs2)cc1Cl. The molecule has 2 rings (SSSR count). The van der Waals surface area contributed by atoms with E-state index in [1.54, 1.807) is 5.38 Å². The van der Waals surface area contributed by atoms with Gasteiger partial charge in [0.1, 0.15) is 5.75 Å². The highest BCUT2D eigenvalue weighted by Gasteiger charge is 2.18. The Kier molecular flexibility index (Phi) is 5.61. The van der Waals surface area contributed by atoms with Crippen LogP contribution < -0.4 is 10.1 Å². The summed E-state index contributed by atoms with van der Waals surface area (Å²) < 4.78 is 29.5. The highest BCUT2D eigenvalue weighted by atomic mass is 35.5. The van der Waals surface area contributed by atoms with Gasteiger partial charge in [-0.3, -0.25) is 4.79 Å². The normalized spacial score (nSPS) is 11.3. The quantitative estimate of drug-likeness (QED) is 0.840. The summed E-state index contributed by atoms with van der Waals surface area (Å²) in [6.45, 7) is 1.81. The summed E-state index contributed by atoms with van der Waals surface area (Å²) in [4.78, 5) is 16.0. The van der Waals surface area contributed by atoms with E-state index < -0.39 is 15.7 Å². The zero-order valence-corrected chi connectivity index (χ0v) is 14.9. The zero-order chi connectivity index (χ0) is 17.0. The van der Waals surface area contributed by atoms with Gasteiger partial charge in [-0.2, -0.15) is 0 Å². The molecule has 0 saturated carbocycles. The van der Waals surface area contributed by atoms with E-state index >= 15 is 0 Å². The van der Waals surface area contributed by atoms with Gasteiger partial charge in [-0.1, -0.05) is 11.6 Å². The summed E-state index contributed by atoms with van der Waals surface area (Å²) in [6.07, 6.45) is -0.162. The molecule has 23 heavy (non-hydrogen) atoms. The number of rotatable bonds is 6. The molecule has 0 atom stereocenters. The number of thiazole rings is 1. The third-order valence-corrected chi connectivity index (χ3v) is 5.83. The Hall–Kier alpha value is -1.64. The van der Waals surface area contributed by atoms with Gasteiger partial charge in [-0.25, -0.2) is 13.4 Å². The molecule has 0 saturated heterocycles. The molecule has 0 radical (unpaired) electrons. The van der Waals surface area contributed by atoms with E-state index in [1.807, 2.05) is 6.92 Å². The number of aryl methyl sites for hydroxylation is 1. The van der Waals surface area contributed by atoms with Crippen LogP contribution in [0.5, 0.6) is 5.75 Å². The van der Waals surface area contributed by atoms with Crippen LogP contribution >= 0.6 is 22.9 Å². The lowest BCUT2D eigenvalue weighted by atomic mass is 10.3. The molecule has 1 aromatic heterocycles. The fraction of sp³-hybridized carbons (Fsp3) is 0.286. The van der Waals surface area contributed by atoms with Gasteiger partial charge in [0.15, 0.2) is 15.0 Å². The molecule has 0 fully saturated rings. The number of amides is 1. The molecular formula is C14H15ClN2O4S2. The van der Waals surface area contributed by atoms with Crippen LogP contribution in [0.25, 0.3) is 0 Å². The molecule has 9 heteroatoms. The van der Waals surface area contributed by atoms with Crippen molar-refractivity contribution in [2.24, 2.45) is 0 Å². The summed E-state index contributed by atoms with van der Waals surface area (Å²) in [5.74, 6) is -0.323. The second kappa shape index (κ2) is 7.29. The van der Waals surface area contributed by atoms with Crippen molar-refractivity contribution in [1.29, 1.82) is 0 Å². The molecule has 1 N–H and O–H groups in total. The summed E-state index contributed by atoms with van der Waals surface area (Å²) >= 11 is 7.22. The molecular weight excluding hydrogens is 360 g/mol. The van der Waals surface area contributed by atoms with E-state index in [1.165, 1.54) is 36.6 Å². The number of nitrogens with one attached hydrogen (secondary N) is 1. The topological polar surface area (TPSA) is 85.4 Å². The van der Waals surface area contributed by atoms with Crippen molar-refractivity contribution >= 4 is 43.8 Å². The van der Waals surface area contributed by atoms with Gasteiger partial charge in [0.05, 0.1) is 28.5 Å². The monoisotopic (exact) mass is 374 g/mol. The Morgan fingerprint density at radius 1 is 1.43 bits per heavy atom. The van der Waals surface area contributed by atoms with Crippen molar-refractivity contribution < 1.29 is 17.9 Å². The first kappa shape index (κ1) is 17.7. The Morgan fingerprint density at radius 2 is 2.17 bits per heavy atom. The van der Waals surface area contributed by atoms with Gasteiger partial charge < -0.3 is 10.1 Å². The molecule has 0 aliphatic rings. The number of aromatic nitrogens is 1. The Labute approximate surface area is 143 Å². The van der Waals surface area contributed by atoms with E-state index in [0.717, 1.165) is 5.69 Å². The standard InChI is InChI=1S/C14H15ClN2O4S2/c1-9-8-22-14(16-9)17-13(18)5-6-23(19,20)10-3-4-12(21-2)11(15)7-10/h3-4,7-8H,5-6H2,1-2H3,(H,16,17,18). The van der Waals surface area contributed by atoms with Crippen molar-refractivity contribution in [1.82, 2.24) is 4.98 Å². The fourth-order valence-electron chi connectivity index (χ4n) is 1.78. The Morgan fingerprint density at radius 3 is 2.74 bits per heavy atom. The van der Waals surface area contributed by atoms with Crippen LogP contribution in [0.15, 0.2) is 28.5 Å². The van der Waals surface area contributed by atoms with Gasteiger partial charge in [-0.05, 0) is 25.1 Å². The van der Waals surface area contributed by atoms with E-state index in [0.29, 0.717) is 10.9 Å². The van der Waals surface area contributed by atoms with Crippen LogP contribution in [0.1, 0.15) is 12.1 Å². The maximum Gasteiger partial charge on any atom is 0.227 e. The van der Waals surface area contributed by atoms with Crippen LogP contribution in [-0.4, -0.2) is 32.2 Å². The first-order chi connectivity index (χ1) is 10.8. The number of hydrogen-bond acceptors (Lipinski definition) is 6. The second-order valence-electron chi connectivity index (χ2n) is 4.71.